The Bertz CT molecular complexity index is 298. The molecule has 0 aromatic heterocycles. The third-order valence-electron chi connectivity index (χ3n) is 2.86. The average molecular weight is 235 g/mol. The highest BCUT2D eigenvalue weighted by molar-refractivity contribution is 6.88. The van der Waals surface area contributed by atoms with Gasteiger partial charge in [0.05, 0.1) is 8.07 Å². The predicted octanol–water partition coefficient (Wildman–Crippen LogP) is 3.12. The maximum atomic E-state index is 3.47. The Hall–Kier alpha value is -0.603. The quantitative estimate of drug-likeness (QED) is 0.590. The molecule has 0 fully saturated rings. The van der Waals surface area contributed by atoms with Crippen molar-refractivity contribution in [1.29, 1.82) is 0 Å². The van der Waals surface area contributed by atoms with Crippen molar-refractivity contribution in [2.75, 3.05) is 6.54 Å². The first-order chi connectivity index (χ1) is 7.54. The number of hydrogen-bond donors (Lipinski definition) is 1. The Morgan fingerprint density at radius 3 is 2.19 bits per heavy atom. The Balaban J connectivity index is 2.46. The minimum absolute atomic E-state index is 1.01. The van der Waals surface area contributed by atoms with Gasteiger partial charge >= 0.3 is 0 Å². The van der Waals surface area contributed by atoms with E-state index in [-0.39, 0.29) is 0 Å². The molecule has 1 nitrogen and oxygen atoms in total. The fourth-order valence-corrected chi connectivity index (χ4v) is 2.82. The molecule has 1 aromatic rings. The maximum Gasteiger partial charge on any atom is 0.0775 e. The van der Waals surface area contributed by atoms with Gasteiger partial charge < -0.3 is 5.32 Å². The topological polar surface area (TPSA) is 12.0 Å². The molecule has 0 heterocycles. The van der Waals surface area contributed by atoms with E-state index in [1.165, 1.54) is 18.4 Å². The summed E-state index contributed by atoms with van der Waals surface area (Å²) in [6.07, 6.45) is 2.54. The molecule has 2 heteroatoms. The van der Waals surface area contributed by atoms with E-state index in [9.17, 15) is 0 Å². The smallest absolute Gasteiger partial charge is 0.0775 e. The van der Waals surface area contributed by atoms with Crippen LogP contribution in [0.5, 0.6) is 0 Å². The summed E-state index contributed by atoms with van der Waals surface area (Å²) in [4.78, 5) is 0. The minimum atomic E-state index is -1.12. The molecule has 0 radical (unpaired) electrons. The molecular formula is C14H25NSi. The highest BCUT2D eigenvalue weighted by Crippen LogP contribution is 2.04. The Kier molecular flexibility index (Phi) is 5.23. The summed E-state index contributed by atoms with van der Waals surface area (Å²) in [5.74, 6) is 0. The van der Waals surface area contributed by atoms with Crippen LogP contribution >= 0.6 is 0 Å². The fraction of sp³-hybridized carbons (Fsp3) is 0.571. The first-order valence-corrected chi connectivity index (χ1v) is 9.84. The van der Waals surface area contributed by atoms with Crippen molar-refractivity contribution in [3.8, 4) is 0 Å². The molecule has 1 N–H and O–H groups in total. The standard InChI is InChI=1S/C14H25NSi/c1-5-6-11-15-12-13-7-9-14(10-8-13)16(2,3)4/h7-10,15H,5-6,11-12H2,1-4H3. The lowest BCUT2D eigenvalue weighted by molar-refractivity contribution is 0.641. The molecular weight excluding hydrogens is 210 g/mol. The Morgan fingerprint density at radius 1 is 1.06 bits per heavy atom. The van der Waals surface area contributed by atoms with Crippen molar-refractivity contribution in [3.63, 3.8) is 0 Å². The lowest BCUT2D eigenvalue weighted by Crippen LogP contribution is -2.37. The van der Waals surface area contributed by atoms with E-state index >= 15 is 0 Å². The van der Waals surface area contributed by atoms with Gasteiger partial charge in [-0.15, -0.1) is 0 Å². The van der Waals surface area contributed by atoms with Gasteiger partial charge in [0.1, 0.15) is 0 Å². The van der Waals surface area contributed by atoms with E-state index in [1.807, 2.05) is 0 Å². The monoisotopic (exact) mass is 235 g/mol. The molecule has 0 aliphatic heterocycles. The van der Waals surface area contributed by atoms with E-state index in [0.29, 0.717) is 0 Å². The van der Waals surface area contributed by atoms with E-state index in [2.05, 4.69) is 56.1 Å². The number of unbranched alkanes of at least 4 members (excludes halogenated alkanes) is 1. The maximum absolute atomic E-state index is 3.47. The van der Waals surface area contributed by atoms with Crippen LogP contribution in [0.25, 0.3) is 0 Å². The van der Waals surface area contributed by atoms with Gasteiger partial charge in [0.15, 0.2) is 0 Å². The second-order valence-corrected chi connectivity index (χ2v) is 10.6. The van der Waals surface area contributed by atoms with E-state index in [0.717, 1.165) is 13.1 Å². The molecule has 0 saturated carbocycles. The first kappa shape index (κ1) is 13.5. The number of hydrogen-bond acceptors (Lipinski definition) is 1. The highest BCUT2D eigenvalue weighted by Gasteiger charge is 2.15. The van der Waals surface area contributed by atoms with Crippen LogP contribution in [-0.4, -0.2) is 14.6 Å². The molecule has 0 spiro atoms. The van der Waals surface area contributed by atoms with Crippen LogP contribution in [0.1, 0.15) is 25.3 Å². The summed E-state index contributed by atoms with van der Waals surface area (Å²) in [5, 5.41) is 5.02. The van der Waals surface area contributed by atoms with Crippen LogP contribution < -0.4 is 10.5 Å². The lowest BCUT2D eigenvalue weighted by atomic mass is 10.2. The second kappa shape index (κ2) is 6.21. The summed E-state index contributed by atoms with van der Waals surface area (Å²) in [7, 11) is -1.12. The molecule has 0 atom stereocenters. The second-order valence-electron chi connectivity index (χ2n) is 5.48. The first-order valence-electron chi connectivity index (χ1n) is 6.34. The SMILES string of the molecule is CCCCNCc1ccc([Si](C)(C)C)cc1. The molecule has 0 unspecified atom stereocenters. The average Bonchev–Trinajstić information content (AvgIpc) is 2.24. The third-order valence-corrected chi connectivity index (χ3v) is 4.92. The van der Waals surface area contributed by atoms with Gasteiger partial charge in [0, 0.05) is 6.54 Å². The highest BCUT2D eigenvalue weighted by atomic mass is 28.3. The molecule has 90 valence electrons. The lowest BCUT2D eigenvalue weighted by Gasteiger charge is -2.16. The normalized spacial score (nSPS) is 11.8. The molecule has 1 aromatic carbocycles. The van der Waals surface area contributed by atoms with Gasteiger partial charge in [-0.2, -0.15) is 0 Å². The third kappa shape index (κ3) is 4.50. The fourth-order valence-electron chi connectivity index (χ4n) is 1.66. The Labute approximate surface area is 101 Å². The van der Waals surface area contributed by atoms with Crippen molar-refractivity contribution in [1.82, 2.24) is 5.32 Å². The van der Waals surface area contributed by atoms with Crippen LogP contribution in [-0.2, 0) is 6.54 Å². The molecule has 16 heavy (non-hydrogen) atoms. The summed E-state index contributed by atoms with van der Waals surface area (Å²) >= 11 is 0. The van der Waals surface area contributed by atoms with Crippen LogP contribution in [0, 0.1) is 0 Å². The molecule has 0 amide bonds. The van der Waals surface area contributed by atoms with E-state index < -0.39 is 8.07 Å². The molecule has 0 aliphatic carbocycles. The molecule has 0 bridgehead atoms. The van der Waals surface area contributed by atoms with Crippen LogP contribution in [0.3, 0.4) is 0 Å². The van der Waals surface area contributed by atoms with Crippen LogP contribution in [0.15, 0.2) is 24.3 Å². The number of benzene rings is 1. The largest absolute Gasteiger partial charge is 0.313 e. The van der Waals surface area contributed by atoms with Gasteiger partial charge in [-0.25, -0.2) is 0 Å². The summed E-state index contributed by atoms with van der Waals surface area (Å²) in [6, 6.07) is 9.16. The van der Waals surface area contributed by atoms with Gasteiger partial charge in [-0.1, -0.05) is 62.4 Å². The molecule has 1 rings (SSSR count). The van der Waals surface area contributed by atoms with Crippen LogP contribution in [0.2, 0.25) is 19.6 Å². The van der Waals surface area contributed by atoms with E-state index in [1.54, 1.807) is 5.19 Å². The summed E-state index contributed by atoms with van der Waals surface area (Å²) < 4.78 is 0. The number of nitrogens with one attached hydrogen (secondary N) is 1. The van der Waals surface area contributed by atoms with Crippen LogP contribution in [0.4, 0.5) is 0 Å². The van der Waals surface area contributed by atoms with Gasteiger partial charge in [0.25, 0.3) is 0 Å². The van der Waals surface area contributed by atoms with Gasteiger partial charge in [-0.05, 0) is 18.5 Å². The van der Waals surface area contributed by atoms with E-state index in [4.69, 9.17) is 0 Å². The minimum Gasteiger partial charge on any atom is -0.313 e. The zero-order valence-electron chi connectivity index (χ0n) is 11.1. The summed E-state index contributed by atoms with van der Waals surface area (Å²) in [5.41, 5.74) is 1.40. The van der Waals surface area contributed by atoms with Crippen molar-refractivity contribution >= 4 is 13.3 Å². The summed E-state index contributed by atoms with van der Waals surface area (Å²) in [6.45, 7) is 11.5. The van der Waals surface area contributed by atoms with Crippen molar-refractivity contribution in [2.24, 2.45) is 0 Å². The Morgan fingerprint density at radius 2 is 1.69 bits per heavy atom. The van der Waals surface area contributed by atoms with Gasteiger partial charge in [-0.3, -0.25) is 0 Å². The number of rotatable bonds is 6. The van der Waals surface area contributed by atoms with Crippen molar-refractivity contribution in [3.05, 3.63) is 29.8 Å². The van der Waals surface area contributed by atoms with Gasteiger partial charge in [0.2, 0.25) is 0 Å². The molecule has 0 aliphatic rings. The van der Waals surface area contributed by atoms with Crippen molar-refractivity contribution in [2.45, 2.75) is 46.0 Å². The zero-order valence-corrected chi connectivity index (χ0v) is 12.1. The van der Waals surface area contributed by atoms with Crippen molar-refractivity contribution < 1.29 is 0 Å². The predicted molar refractivity (Wildman–Crippen MR) is 76.0 cm³/mol. The molecule has 0 saturated heterocycles. The zero-order chi connectivity index (χ0) is 12.0.